The molecule has 0 aromatic heterocycles. The lowest BCUT2D eigenvalue weighted by Gasteiger charge is -2.15. The number of halogens is 1. The molecule has 1 unspecified atom stereocenters. The number of nitrogens with zero attached hydrogens (tertiary/aromatic N) is 2. The van der Waals surface area contributed by atoms with Gasteiger partial charge in [-0.05, 0) is 43.0 Å². The molecule has 1 atom stereocenters. The maximum atomic E-state index is 6.03. The maximum Gasteiger partial charge on any atom is 0.193 e. The first kappa shape index (κ1) is 21.5. The Hall–Kier alpha value is -1.80. The first-order chi connectivity index (χ1) is 12.7. The third-order valence-electron chi connectivity index (χ3n) is 4.79. The Morgan fingerprint density at radius 3 is 2.81 bits per heavy atom. The van der Waals surface area contributed by atoms with Crippen molar-refractivity contribution >= 4 is 35.6 Å². The van der Waals surface area contributed by atoms with Gasteiger partial charge in [-0.25, -0.2) is 0 Å². The van der Waals surface area contributed by atoms with Gasteiger partial charge < -0.3 is 20.7 Å². The van der Waals surface area contributed by atoms with E-state index in [-0.39, 0.29) is 24.0 Å². The molecule has 1 fully saturated rings. The first-order valence-electron chi connectivity index (χ1n) is 9.20. The van der Waals surface area contributed by atoms with Crippen molar-refractivity contribution in [3.63, 3.8) is 0 Å². The zero-order chi connectivity index (χ0) is 18.2. The van der Waals surface area contributed by atoms with Crippen LogP contribution in [0.1, 0.15) is 12.0 Å². The minimum atomic E-state index is 0. The molecule has 1 heterocycles. The molecule has 5 nitrogen and oxygen atoms in total. The van der Waals surface area contributed by atoms with Gasteiger partial charge in [0.25, 0.3) is 0 Å². The van der Waals surface area contributed by atoms with Crippen LogP contribution in [0.5, 0.6) is 5.75 Å². The number of hydrogen-bond acceptors (Lipinski definition) is 3. The Labute approximate surface area is 179 Å². The number of guanidine groups is 1. The van der Waals surface area contributed by atoms with Gasteiger partial charge in [-0.1, -0.05) is 36.4 Å². The number of nitrogens with two attached hydrogens (primary N) is 1. The lowest BCUT2D eigenvalue weighted by Crippen LogP contribution is -2.26. The Kier molecular flexibility index (Phi) is 8.87. The van der Waals surface area contributed by atoms with E-state index in [1.54, 1.807) is 7.11 Å². The highest BCUT2D eigenvalue weighted by atomic mass is 127. The van der Waals surface area contributed by atoms with Crippen LogP contribution in [0.25, 0.3) is 0 Å². The van der Waals surface area contributed by atoms with E-state index in [1.165, 1.54) is 12.0 Å². The molecule has 0 aliphatic carbocycles. The molecule has 1 aliphatic heterocycles. The molecule has 146 valence electrons. The number of ether oxygens (including phenoxy) is 1. The van der Waals surface area contributed by atoms with Crippen molar-refractivity contribution in [2.75, 3.05) is 38.6 Å². The Morgan fingerprint density at radius 1 is 1.22 bits per heavy atom. The molecule has 0 spiro atoms. The number of nitrogens with one attached hydrogen (secondary N) is 1. The second-order valence-electron chi connectivity index (χ2n) is 6.77. The monoisotopic (exact) mass is 480 g/mol. The fourth-order valence-corrected chi connectivity index (χ4v) is 3.31. The van der Waals surface area contributed by atoms with Crippen LogP contribution in [-0.2, 0) is 6.42 Å². The lowest BCUT2D eigenvalue weighted by molar-refractivity contribution is 0.330. The molecule has 0 amide bonds. The fourth-order valence-electron chi connectivity index (χ4n) is 3.31. The summed E-state index contributed by atoms with van der Waals surface area (Å²) >= 11 is 0. The predicted molar refractivity (Wildman–Crippen MR) is 123 cm³/mol. The van der Waals surface area contributed by atoms with Gasteiger partial charge in [0.2, 0.25) is 0 Å². The molecule has 0 saturated carbocycles. The molecular formula is C21H29IN4O. The maximum absolute atomic E-state index is 6.03. The number of aliphatic imine (C=N–C) groups is 1. The molecular weight excluding hydrogens is 451 g/mol. The summed E-state index contributed by atoms with van der Waals surface area (Å²) in [5.74, 6) is 1.84. The van der Waals surface area contributed by atoms with Gasteiger partial charge in [0.05, 0.1) is 7.11 Å². The summed E-state index contributed by atoms with van der Waals surface area (Å²) in [6.07, 6.45) is 2.29. The first-order valence-corrected chi connectivity index (χ1v) is 9.20. The van der Waals surface area contributed by atoms with E-state index in [1.807, 2.05) is 24.3 Å². The summed E-state index contributed by atoms with van der Waals surface area (Å²) in [6.45, 7) is 4.13. The molecule has 3 rings (SSSR count). The molecule has 2 aromatic rings. The van der Waals surface area contributed by atoms with Crippen molar-refractivity contribution in [1.82, 2.24) is 4.90 Å². The van der Waals surface area contributed by atoms with Gasteiger partial charge in [0.15, 0.2) is 5.96 Å². The highest BCUT2D eigenvalue weighted by Gasteiger charge is 2.21. The highest BCUT2D eigenvalue weighted by molar-refractivity contribution is 14.0. The number of benzene rings is 2. The van der Waals surface area contributed by atoms with Crippen LogP contribution in [0.2, 0.25) is 0 Å². The SMILES string of the molecule is COc1cccc(NC(N)=NCC2CCN(CCc3ccccc3)C2)c1.I. The van der Waals surface area contributed by atoms with E-state index in [2.05, 4.69) is 45.5 Å². The molecule has 27 heavy (non-hydrogen) atoms. The van der Waals surface area contributed by atoms with Crippen molar-refractivity contribution in [1.29, 1.82) is 0 Å². The summed E-state index contributed by atoms with van der Waals surface area (Å²) in [6, 6.07) is 18.4. The second-order valence-corrected chi connectivity index (χ2v) is 6.77. The van der Waals surface area contributed by atoms with Crippen molar-refractivity contribution in [2.24, 2.45) is 16.6 Å². The van der Waals surface area contributed by atoms with Crippen molar-refractivity contribution < 1.29 is 4.74 Å². The van der Waals surface area contributed by atoms with Gasteiger partial charge in [0, 0.05) is 31.4 Å². The second kappa shape index (κ2) is 11.1. The van der Waals surface area contributed by atoms with Crippen LogP contribution in [0.4, 0.5) is 5.69 Å². The average molecular weight is 480 g/mol. The number of hydrogen-bond donors (Lipinski definition) is 2. The molecule has 3 N–H and O–H groups in total. The van der Waals surface area contributed by atoms with E-state index in [0.29, 0.717) is 11.9 Å². The average Bonchev–Trinajstić information content (AvgIpc) is 3.14. The van der Waals surface area contributed by atoms with Crippen molar-refractivity contribution in [2.45, 2.75) is 12.8 Å². The van der Waals surface area contributed by atoms with Crippen molar-refractivity contribution in [3.05, 3.63) is 60.2 Å². The van der Waals surface area contributed by atoms with Gasteiger partial charge in [0.1, 0.15) is 5.75 Å². The topological polar surface area (TPSA) is 62.9 Å². The van der Waals surface area contributed by atoms with Gasteiger partial charge in [-0.2, -0.15) is 0 Å². The van der Waals surface area contributed by atoms with E-state index < -0.39 is 0 Å². The third kappa shape index (κ3) is 7.03. The van der Waals surface area contributed by atoms with Crippen LogP contribution in [0.15, 0.2) is 59.6 Å². The number of anilines is 1. The zero-order valence-electron chi connectivity index (χ0n) is 15.8. The van der Waals surface area contributed by atoms with Gasteiger partial charge in [-0.15, -0.1) is 24.0 Å². The summed E-state index contributed by atoms with van der Waals surface area (Å²) in [5.41, 5.74) is 8.32. The molecule has 2 aromatic carbocycles. The summed E-state index contributed by atoms with van der Waals surface area (Å²) in [5, 5.41) is 3.13. The summed E-state index contributed by atoms with van der Waals surface area (Å²) in [7, 11) is 1.65. The summed E-state index contributed by atoms with van der Waals surface area (Å²) in [4.78, 5) is 7.05. The minimum Gasteiger partial charge on any atom is -0.497 e. The van der Waals surface area contributed by atoms with Crippen LogP contribution >= 0.6 is 24.0 Å². The van der Waals surface area contributed by atoms with Crippen LogP contribution < -0.4 is 15.8 Å². The van der Waals surface area contributed by atoms with Crippen LogP contribution in [-0.4, -0.2) is 44.1 Å². The smallest absolute Gasteiger partial charge is 0.193 e. The van der Waals surface area contributed by atoms with Crippen molar-refractivity contribution in [3.8, 4) is 5.75 Å². The van der Waals surface area contributed by atoms with Gasteiger partial charge in [-0.3, -0.25) is 4.99 Å². The van der Waals surface area contributed by atoms with E-state index in [4.69, 9.17) is 10.5 Å². The Morgan fingerprint density at radius 2 is 2.04 bits per heavy atom. The minimum absolute atomic E-state index is 0. The highest BCUT2D eigenvalue weighted by Crippen LogP contribution is 2.18. The van der Waals surface area contributed by atoms with Crippen LogP contribution in [0, 0.1) is 5.92 Å². The molecule has 1 aliphatic rings. The van der Waals surface area contributed by atoms with E-state index in [0.717, 1.165) is 44.0 Å². The van der Waals surface area contributed by atoms with Crippen LogP contribution in [0.3, 0.4) is 0 Å². The van der Waals surface area contributed by atoms with Gasteiger partial charge >= 0.3 is 0 Å². The fraction of sp³-hybridized carbons (Fsp3) is 0.381. The number of likely N-dealkylation sites (tertiary alicyclic amines) is 1. The van der Waals surface area contributed by atoms with E-state index >= 15 is 0 Å². The third-order valence-corrected chi connectivity index (χ3v) is 4.79. The largest absolute Gasteiger partial charge is 0.497 e. The number of methoxy groups -OCH3 is 1. The van der Waals surface area contributed by atoms with E-state index in [9.17, 15) is 0 Å². The molecule has 0 bridgehead atoms. The lowest BCUT2D eigenvalue weighted by atomic mass is 10.1. The molecule has 1 saturated heterocycles. The zero-order valence-corrected chi connectivity index (χ0v) is 18.1. The quantitative estimate of drug-likeness (QED) is 0.361. The number of rotatable bonds is 7. The summed E-state index contributed by atoms with van der Waals surface area (Å²) < 4.78 is 5.22. The molecule has 0 radical (unpaired) electrons. The molecule has 6 heteroatoms. The Balaban J connectivity index is 0.00000261. The normalized spacial score (nSPS) is 17.4. The predicted octanol–water partition coefficient (Wildman–Crippen LogP) is 3.60. The Bertz CT molecular complexity index is 723. The standard InChI is InChI=1S/C21H28N4O.HI/c1-26-20-9-5-8-19(14-20)24-21(22)23-15-18-11-13-25(16-18)12-10-17-6-3-2-4-7-17;/h2-9,14,18H,10-13,15-16H2,1H3,(H3,22,23,24);1H.